The average Bonchev–Trinajstić information content (AvgIpc) is 2.96. The van der Waals surface area contributed by atoms with E-state index in [9.17, 15) is 0 Å². The van der Waals surface area contributed by atoms with Crippen molar-refractivity contribution in [3.63, 3.8) is 0 Å². The van der Waals surface area contributed by atoms with E-state index in [2.05, 4.69) is 10.1 Å². The third kappa shape index (κ3) is 2.77. The molecule has 0 N–H and O–H groups in total. The van der Waals surface area contributed by atoms with Crippen LogP contribution in [0.3, 0.4) is 0 Å². The van der Waals surface area contributed by atoms with Crippen molar-refractivity contribution >= 4 is 12.1 Å². The molecule has 0 spiro atoms. The maximum atomic E-state index is 5.19. The first-order valence-electron chi connectivity index (χ1n) is 6.03. The van der Waals surface area contributed by atoms with Crippen LogP contribution >= 0.6 is 0 Å². The molecule has 0 amide bonds. The van der Waals surface area contributed by atoms with Crippen LogP contribution in [0.4, 0.5) is 5.88 Å². The second-order valence-electron chi connectivity index (χ2n) is 4.09. The Hall–Kier alpha value is -2.68. The quantitative estimate of drug-likeness (QED) is 0.655. The van der Waals surface area contributed by atoms with Gasteiger partial charge < -0.3 is 4.52 Å². The molecule has 0 radical (unpaired) electrons. The summed E-state index contributed by atoms with van der Waals surface area (Å²) in [6.07, 6.45) is 1.76. The SMILES string of the molecule is C(=N/c1cc(-c2ccccc2)no1)/c1ccccc1. The van der Waals surface area contributed by atoms with Gasteiger partial charge in [0.25, 0.3) is 5.88 Å². The van der Waals surface area contributed by atoms with Crippen molar-refractivity contribution in [1.82, 2.24) is 5.16 Å². The van der Waals surface area contributed by atoms with Crippen molar-refractivity contribution in [2.24, 2.45) is 4.99 Å². The minimum absolute atomic E-state index is 0.503. The summed E-state index contributed by atoms with van der Waals surface area (Å²) in [6, 6.07) is 21.6. The van der Waals surface area contributed by atoms with Gasteiger partial charge in [-0.3, -0.25) is 0 Å². The monoisotopic (exact) mass is 248 g/mol. The Morgan fingerprint density at radius 3 is 2.32 bits per heavy atom. The van der Waals surface area contributed by atoms with Crippen LogP contribution in [0.5, 0.6) is 0 Å². The summed E-state index contributed by atoms with van der Waals surface area (Å²) in [5, 5.41) is 4.01. The molecule has 3 rings (SSSR count). The van der Waals surface area contributed by atoms with Crippen molar-refractivity contribution in [2.75, 3.05) is 0 Å². The van der Waals surface area contributed by atoms with E-state index in [0.717, 1.165) is 16.8 Å². The number of aromatic nitrogens is 1. The zero-order valence-corrected chi connectivity index (χ0v) is 10.2. The van der Waals surface area contributed by atoms with Crippen LogP contribution in [0.2, 0.25) is 0 Å². The molecule has 0 saturated heterocycles. The molecular weight excluding hydrogens is 236 g/mol. The lowest BCUT2D eigenvalue weighted by Crippen LogP contribution is -1.76. The molecule has 0 fully saturated rings. The summed E-state index contributed by atoms with van der Waals surface area (Å²) in [4.78, 5) is 4.27. The normalized spacial score (nSPS) is 10.9. The van der Waals surface area contributed by atoms with Crippen LogP contribution in [0.25, 0.3) is 11.3 Å². The van der Waals surface area contributed by atoms with Crippen molar-refractivity contribution in [3.05, 3.63) is 72.3 Å². The molecule has 92 valence electrons. The van der Waals surface area contributed by atoms with Crippen LogP contribution in [0, 0.1) is 0 Å². The average molecular weight is 248 g/mol. The van der Waals surface area contributed by atoms with Gasteiger partial charge in [-0.25, -0.2) is 4.99 Å². The third-order valence-electron chi connectivity index (χ3n) is 2.71. The lowest BCUT2D eigenvalue weighted by atomic mass is 10.2. The molecule has 3 aromatic rings. The van der Waals surface area contributed by atoms with Crippen LogP contribution in [0.15, 0.2) is 76.2 Å². The predicted molar refractivity (Wildman–Crippen MR) is 75.6 cm³/mol. The first-order chi connectivity index (χ1) is 9.42. The van der Waals surface area contributed by atoms with Crippen LogP contribution < -0.4 is 0 Å². The number of benzene rings is 2. The maximum Gasteiger partial charge on any atom is 0.251 e. The lowest BCUT2D eigenvalue weighted by molar-refractivity contribution is 0.433. The standard InChI is InChI=1S/C16H12N2O/c1-3-7-13(8-4-1)12-17-16-11-15(18-19-16)14-9-5-2-6-10-14/h1-12H/b17-12-. The smallest absolute Gasteiger partial charge is 0.251 e. The van der Waals surface area contributed by atoms with E-state index in [4.69, 9.17) is 4.52 Å². The highest BCUT2D eigenvalue weighted by molar-refractivity contribution is 5.81. The molecule has 1 aromatic heterocycles. The molecule has 19 heavy (non-hydrogen) atoms. The van der Waals surface area contributed by atoms with Gasteiger partial charge in [0.05, 0.1) is 0 Å². The highest BCUT2D eigenvalue weighted by Gasteiger charge is 2.04. The third-order valence-corrected chi connectivity index (χ3v) is 2.71. The molecule has 0 unspecified atom stereocenters. The summed E-state index contributed by atoms with van der Waals surface area (Å²) in [7, 11) is 0. The van der Waals surface area contributed by atoms with Crippen LogP contribution in [-0.2, 0) is 0 Å². The fourth-order valence-electron chi connectivity index (χ4n) is 1.75. The number of nitrogens with zero attached hydrogens (tertiary/aromatic N) is 2. The zero-order chi connectivity index (χ0) is 12.9. The minimum atomic E-state index is 0.503. The Morgan fingerprint density at radius 2 is 1.58 bits per heavy atom. The van der Waals surface area contributed by atoms with E-state index in [1.165, 1.54) is 0 Å². The predicted octanol–water partition coefficient (Wildman–Crippen LogP) is 4.09. The van der Waals surface area contributed by atoms with E-state index < -0.39 is 0 Å². The Kier molecular flexibility index (Phi) is 3.19. The van der Waals surface area contributed by atoms with Gasteiger partial charge in [-0.1, -0.05) is 65.8 Å². The number of aliphatic imine (C=N–C) groups is 1. The van der Waals surface area contributed by atoms with E-state index in [0.29, 0.717) is 5.88 Å². The number of hydrogen-bond acceptors (Lipinski definition) is 3. The van der Waals surface area contributed by atoms with Gasteiger partial charge in [-0.05, 0) is 5.56 Å². The summed E-state index contributed by atoms with van der Waals surface area (Å²) in [5.74, 6) is 0.503. The maximum absolute atomic E-state index is 5.19. The molecule has 2 aromatic carbocycles. The van der Waals surface area contributed by atoms with E-state index in [1.54, 1.807) is 6.21 Å². The molecular formula is C16H12N2O. The summed E-state index contributed by atoms with van der Waals surface area (Å²) in [5.41, 5.74) is 2.84. The fourth-order valence-corrected chi connectivity index (χ4v) is 1.75. The first-order valence-corrected chi connectivity index (χ1v) is 6.03. The van der Waals surface area contributed by atoms with E-state index in [1.807, 2.05) is 66.7 Å². The highest BCUT2D eigenvalue weighted by Crippen LogP contribution is 2.22. The van der Waals surface area contributed by atoms with Crippen LogP contribution in [0.1, 0.15) is 5.56 Å². The molecule has 0 bridgehead atoms. The molecule has 0 aliphatic rings. The van der Waals surface area contributed by atoms with Crippen LogP contribution in [-0.4, -0.2) is 11.4 Å². The van der Waals surface area contributed by atoms with E-state index >= 15 is 0 Å². The Labute approximate surface area is 111 Å². The summed E-state index contributed by atoms with van der Waals surface area (Å²) >= 11 is 0. The van der Waals surface area contributed by atoms with Gasteiger partial charge in [0.2, 0.25) is 0 Å². The molecule has 3 nitrogen and oxygen atoms in total. The van der Waals surface area contributed by atoms with Crippen molar-refractivity contribution in [3.8, 4) is 11.3 Å². The molecule has 0 aliphatic carbocycles. The van der Waals surface area contributed by atoms with E-state index in [-0.39, 0.29) is 0 Å². The van der Waals surface area contributed by atoms with Crippen molar-refractivity contribution in [2.45, 2.75) is 0 Å². The molecule has 0 atom stereocenters. The lowest BCUT2D eigenvalue weighted by Gasteiger charge is -1.91. The Balaban J connectivity index is 1.81. The van der Waals surface area contributed by atoms with Gasteiger partial charge in [0.15, 0.2) is 0 Å². The van der Waals surface area contributed by atoms with Gasteiger partial charge in [-0.15, -0.1) is 0 Å². The molecule has 3 heteroatoms. The van der Waals surface area contributed by atoms with Crippen molar-refractivity contribution < 1.29 is 4.52 Å². The first kappa shape index (κ1) is 11.4. The minimum Gasteiger partial charge on any atom is -0.336 e. The fraction of sp³-hybridized carbons (Fsp3) is 0. The molecule has 0 aliphatic heterocycles. The van der Waals surface area contributed by atoms with Gasteiger partial charge >= 0.3 is 0 Å². The Bertz CT molecular complexity index is 672. The molecule has 0 saturated carbocycles. The number of rotatable bonds is 3. The largest absolute Gasteiger partial charge is 0.336 e. The second-order valence-corrected chi connectivity index (χ2v) is 4.09. The van der Waals surface area contributed by atoms with Gasteiger partial charge in [-0.2, -0.15) is 0 Å². The van der Waals surface area contributed by atoms with Gasteiger partial charge in [0.1, 0.15) is 5.69 Å². The zero-order valence-electron chi connectivity index (χ0n) is 10.2. The van der Waals surface area contributed by atoms with Gasteiger partial charge in [0, 0.05) is 17.8 Å². The highest BCUT2D eigenvalue weighted by atomic mass is 16.5. The number of hydrogen-bond donors (Lipinski definition) is 0. The topological polar surface area (TPSA) is 38.4 Å². The second kappa shape index (κ2) is 5.31. The summed E-state index contributed by atoms with van der Waals surface area (Å²) in [6.45, 7) is 0. The Morgan fingerprint density at radius 1 is 0.895 bits per heavy atom. The summed E-state index contributed by atoms with van der Waals surface area (Å²) < 4.78 is 5.19. The van der Waals surface area contributed by atoms with Crippen molar-refractivity contribution in [1.29, 1.82) is 0 Å². The molecule has 1 heterocycles.